The van der Waals surface area contributed by atoms with Gasteiger partial charge in [-0.25, -0.2) is 0 Å². The summed E-state index contributed by atoms with van der Waals surface area (Å²) in [4.78, 5) is 20.1. The summed E-state index contributed by atoms with van der Waals surface area (Å²) in [5, 5.41) is 3.06. The third-order valence-electron chi connectivity index (χ3n) is 3.27. The Morgan fingerprint density at radius 3 is 2.16 bits per heavy atom. The molecule has 0 saturated carbocycles. The highest BCUT2D eigenvalue weighted by Gasteiger charge is 2.22. The first-order valence-corrected chi connectivity index (χ1v) is 6.39. The largest absolute Gasteiger partial charge is 0.349 e. The minimum atomic E-state index is 0.0184. The molecule has 0 saturated heterocycles. The summed E-state index contributed by atoms with van der Waals surface area (Å²) >= 11 is 0. The molecular weight excluding hydrogens is 238 g/mol. The molecule has 3 nitrogen and oxygen atoms in total. The fraction of sp³-hybridized carbons (Fsp3) is 0.500. The maximum Gasteiger partial charge on any atom is 0.251 e. The average molecular weight is 263 g/mol. The van der Waals surface area contributed by atoms with E-state index >= 15 is 0 Å². The third-order valence-corrected chi connectivity index (χ3v) is 3.27. The van der Waals surface area contributed by atoms with E-state index in [1.54, 1.807) is 0 Å². The van der Waals surface area contributed by atoms with Gasteiger partial charge in [-0.3, -0.25) is 4.79 Å². The number of hydrogen-bond donors (Lipinski definition) is 1. The Labute approximate surface area is 116 Å². The molecule has 1 atom stereocenters. The van der Waals surface area contributed by atoms with Crippen LogP contribution >= 0.6 is 0 Å². The van der Waals surface area contributed by atoms with Crippen molar-refractivity contribution in [3.05, 3.63) is 34.9 Å². The standard InChI is InChI=1S/C15H23NO.CH2O/c1-10-7-8-13(11(2)9-10)14(17)16-12(3)15(4,5)6;1-2/h7-9,12H,1-6H3,(H,16,17);1H2/t12-;/m1./s1. The van der Waals surface area contributed by atoms with Crippen LogP contribution in [0.1, 0.15) is 49.2 Å². The van der Waals surface area contributed by atoms with Crippen LogP contribution in [0.3, 0.4) is 0 Å². The molecular formula is C16H25NO2. The first kappa shape index (κ1) is 17.4. The van der Waals surface area contributed by atoms with Crippen LogP contribution in [0.15, 0.2) is 18.2 Å². The predicted molar refractivity (Wildman–Crippen MR) is 79.4 cm³/mol. The number of hydrogen-bond acceptors (Lipinski definition) is 2. The number of nitrogens with one attached hydrogen (secondary N) is 1. The lowest BCUT2D eigenvalue weighted by atomic mass is 9.88. The molecule has 0 aliphatic heterocycles. The van der Waals surface area contributed by atoms with Gasteiger partial charge in [0.25, 0.3) is 5.91 Å². The van der Waals surface area contributed by atoms with Gasteiger partial charge in [0.05, 0.1) is 0 Å². The molecule has 19 heavy (non-hydrogen) atoms. The van der Waals surface area contributed by atoms with Crippen LogP contribution in [0.25, 0.3) is 0 Å². The molecule has 1 aromatic carbocycles. The smallest absolute Gasteiger partial charge is 0.251 e. The first-order chi connectivity index (χ1) is 8.71. The van der Waals surface area contributed by atoms with Gasteiger partial charge in [-0.2, -0.15) is 0 Å². The van der Waals surface area contributed by atoms with Crippen molar-refractivity contribution in [2.45, 2.75) is 47.6 Å². The highest BCUT2D eigenvalue weighted by Crippen LogP contribution is 2.19. The summed E-state index contributed by atoms with van der Waals surface area (Å²) in [6.45, 7) is 14.4. The van der Waals surface area contributed by atoms with Crippen molar-refractivity contribution < 1.29 is 9.59 Å². The molecule has 0 aliphatic carbocycles. The van der Waals surface area contributed by atoms with Crippen molar-refractivity contribution in [3.8, 4) is 0 Å². The van der Waals surface area contributed by atoms with Crippen LogP contribution in [-0.2, 0) is 4.79 Å². The van der Waals surface area contributed by atoms with Crippen LogP contribution in [0.4, 0.5) is 0 Å². The summed E-state index contributed by atoms with van der Waals surface area (Å²) in [5.74, 6) is 0.0184. The Morgan fingerprint density at radius 2 is 1.74 bits per heavy atom. The topological polar surface area (TPSA) is 46.2 Å². The van der Waals surface area contributed by atoms with E-state index in [4.69, 9.17) is 4.79 Å². The van der Waals surface area contributed by atoms with E-state index in [1.165, 1.54) is 5.56 Å². The quantitative estimate of drug-likeness (QED) is 0.890. The zero-order valence-electron chi connectivity index (χ0n) is 12.8. The molecule has 0 spiro atoms. The molecule has 0 unspecified atom stereocenters. The Morgan fingerprint density at radius 1 is 1.21 bits per heavy atom. The van der Waals surface area contributed by atoms with E-state index in [0.717, 1.165) is 11.1 Å². The highest BCUT2D eigenvalue weighted by atomic mass is 16.1. The molecule has 1 rings (SSSR count). The van der Waals surface area contributed by atoms with Crippen molar-refractivity contribution in [2.75, 3.05) is 0 Å². The number of aryl methyl sites for hydroxylation is 2. The van der Waals surface area contributed by atoms with Gasteiger partial charge in [0.15, 0.2) is 0 Å². The predicted octanol–water partition coefficient (Wildman–Crippen LogP) is 3.28. The fourth-order valence-corrected chi connectivity index (χ4v) is 1.56. The minimum absolute atomic E-state index is 0.0184. The fourth-order valence-electron chi connectivity index (χ4n) is 1.56. The van der Waals surface area contributed by atoms with E-state index in [9.17, 15) is 4.79 Å². The number of amides is 1. The van der Waals surface area contributed by atoms with E-state index in [-0.39, 0.29) is 17.4 Å². The summed E-state index contributed by atoms with van der Waals surface area (Å²) < 4.78 is 0. The van der Waals surface area contributed by atoms with Gasteiger partial charge < -0.3 is 10.1 Å². The van der Waals surface area contributed by atoms with E-state index in [0.29, 0.717) is 0 Å². The number of carbonyl (C=O) groups excluding carboxylic acids is 2. The molecule has 3 heteroatoms. The van der Waals surface area contributed by atoms with Gasteiger partial charge >= 0.3 is 0 Å². The van der Waals surface area contributed by atoms with Crippen LogP contribution in [0.2, 0.25) is 0 Å². The second-order valence-corrected chi connectivity index (χ2v) is 5.88. The molecule has 0 bridgehead atoms. The Balaban J connectivity index is 0.00000154. The molecule has 1 amide bonds. The minimum Gasteiger partial charge on any atom is -0.349 e. The number of benzene rings is 1. The maximum atomic E-state index is 12.1. The lowest BCUT2D eigenvalue weighted by Crippen LogP contribution is -2.41. The van der Waals surface area contributed by atoms with Gasteiger partial charge in [-0.15, -0.1) is 0 Å². The van der Waals surface area contributed by atoms with Crippen LogP contribution in [-0.4, -0.2) is 18.7 Å². The van der Waals surface area contributed by atoms with Crippen molar-refractivity contribution in [1.82, 2.24) is 5.32 Å². The Kier molecular flexibility index (Phi) is 6.46. The van der Waals surface area contributed by atoms with Crippen LogP contribution in [0, 0.1) is 19.3 Å². The van der Waals surface area contributed by atoms with Crippen molar-refractivity contribution in [2.24, 2.45) is 5.41 Å². The van der Waals surface area contributed by atoms with Crippen molar-refractivity contribution in [3.63, 3.8) is 0 Å². The van der Waals surface area contributed by atoms with Gasteiger partial charge in [0.1, 0.15) is 6.79 Å². The van der Waals surface area contributed by atoms with Crippen molar-refractivity contribution in [1.29, 1.82) is 0 Å². The highest BCUT2D eigenvalue weighted by molar-refractivity contribution is 5.95. The van der Waals surface area contributed by atoms with E-state index < -0.39 is 0 Å². The number of carbonyl (C=O) groups is 2. The van der Waals surface area contributed by atoms with Gasteiger partial charge in [0.2, 0.25) is 0 Å². The normalized spacial score (nSPS) is 12.1. The molecule has 1 N–H and O–H groups in total. The van der Waals surface area contributed by atoms with Crippen molar-refractivity contribution >= 4 is 12.7 Å². The zero-order valence-corrected chi connectivity index (χ0v) is 12.8. The SMILES string of the molecule is C=O.Cc1ccc(C(=O)N[C@H](C)C(C)(C)C)c(C)c1. The van der Waals surface area contributed by atoms with Gasteiger partial charge in [-0.05, 0) is 37.8 Å². The monoisotopic (exact) mass is 263 g/mol. The molecule has 0 aromatic heterocycles. The number of rotatable bonds is 2. The zero-order chi connectivity index (χ0) is 15.2. The molecule has 0 radical (unpaired) electrons. The molecule has 0 aliphatic rings. The van der Waals surface area contributed by atoms with Gasteiger partial charge in [-0.1, -0.05) is 38.5 Å². The van der Waals surface area contributed by atoms with Crippen LogP contribution < -0.4 is 5.32 Å². The molecule has 0 heterocycles. The van der Waals surface area contributed by atoms with E-state index in [2.05, 4.69) is 26.1 Å². The molecule has 106 valence electrons. The average Bonchev–Trinajstić information content (AvgIpc) is 2.30. The van der Waals surface area contributed by atoms with E-state index in [1.807, 2.05) is 45.8 Å². The second kappa shape index (κ2) is 7.07. The Bertz CT molecular complexity index is 433. The van der Waals surface area contributed by atoms with Gasteiger partial charge in [0, 0.05) is 11.6 Å². The summed E-state index contributed by atoms with van der Waals surface area (Å²) in [6, 6.07) is 6.06. The Hall–Kier alpha value is -1.64. The molecule has 0 fully saturated rings. The lowest BCUT2D eigenvalue weighted by molar-refractivity contribution is -0.0980. The summed E-state index contributed by atoms with van der Waals surface area (Å²) in [6.07, 6.45) is 0. The maximum absolute atomic E-state index is 12.1. The second-order valence-electron chi connectivity index (χ2n) is 5.88. The molecule has 1 aromatic rings. The summed E-state index contributed by atoms with van der Waals surface area (Å²) in [5.41, 5.74) is 3.06. The first-order valence-electron chi connectivity index (χ1n) is 6.39. The summed E-state index contributed by atoms with van der Waals surface area (Å²) in [7, 11) is 0. The lowest BCUT2D eigenvalue weighted by Gasteiger charge is -2.28. The van der Waals surface area contributed by atoms with Crippen LogP contribution in [0.5, 0.6) is 0 Å². The third kappa shape index (κ3) is 5.25.